The Balaban J connectivity index is 1.68. The van der Waals surface area contributed by atoms with E-state index in [1.54, 1.807) is 23.3 Å². The summed E-state index contributed by atoms with van der Waals surface area (Å²) in [5, 5.41) is 12.0. The Hall–Kier alpha value is -1.60. The highest BCUT2D eigenvalue weighted by Gasteiger charge is 2.23. The number of ether oxygens (including phenoxy) is 2. The second-order valence-electron chi connectivity index (χ2n) is 3.46. The summed E-state index contributed by atoms with van der Waals surface area (Å²) in [5.41, 5.74) is 0. The van der Waals surface area contributed by atoms with Crippen molar-refractivity contribution >= 4 is 6.09 Å². The zero-order chi connectivity index (χ0) is 11.4. The number of nitrogens with zero attached hydrogens (tertiary/aromatic N) is 2. The first kappa shape index (κ1) is 10.9. The minimum Gasteiger partial charge on any atom is -0.442 e. The maximum atomic E-state index is 10.7. The molecule has 1 aliphatic rings. The van der Waals surface area contributed by atoms with Crippen LogP contribution in [-0.2, 0) is 16.0 Å². The van der Waals surface area contributed by atoms with Gasteiger partial charge >= 0.3 is 6.09 Å². The molecule has 0 bridgehead atoms. The zero-order valence-electron chi connectivity index (χ0n) is 8.57. The van der Waals surface area contributed by atoms with Crippen molar-refractivity contribution in [3.63, 3.8) is 0 Å². The number of rotatable bonds is 5. The van der Waals surface area contributed by atoms with E-state index in [2.05, 4.69) is 10.3 Å². The van der Waals surface area contributed by atoms with Crippen LogP contribution in [0.15, 0.2) is 18.7 Å². The summed E-state index contributed by atoms with van der Waals surface area (Å²) in [6.45, 7) is 0.888. The molecular weight excluding hydrogens is 214 g/mol. The molecule has 1 fully saturated rings. The molecule has 1 aromatic heterocycles. The SMILES string of the molecule is O=C1NCC(COC(O)Cn2ccnc2)O1. The minimum absolute atomic E-state index is 0.175. The van der Waals surface area contributed by atoms with Crippen LogP contribution in [0.25, 0.3) is 0 Å². The minimum atomic E-state index is -0.937. The highest BCUT2D eigenvalue weighted by molar-refractivity contribution is 5.69. The fourth-order valence-electron chi connectivity index (χ4n) is 1.37. The lowest BCUT2D eigenvalue weighted by Crippen LogP contribution is -2.26. The average Bonchev–Trinajstić information content (AvgIpc) is 2.87. The zero-order valence-corrected chi connectivity index (χ0v) is 8.57. The van der Waals surface area contributed by atoms with Gasteiger partial charge < -0.3 is 24.5 Å². The number of cyclic esters (lactones) is 1. The number of carbonyl (C=O) groups is 1. The van der Waals surface area contributed by atoms with Crippen molar-refractivity contribution in [2.45, 2.75) is 18.9 Å². The van der Waals surface area contributed by atoms with Gasteiger partial charge in [-0.15, -0.1) is 0 Å². The summed E-state index contributed by atoms with van der Waals surface area (Å²) in [6.07, 6.45) is 3.22. The highest BCUT2D eigenvalue weighted by atomic mass is 16.6. The third-order valence-corrected chi connectivity index (χ3v) is 2.15. The van der Waals surface area contributed by atoms with Crippen LogP contribution in [0, 0.1) is 0 Å². The van der Waals surface area contributed by atoms with Crippen molar-refractivity contribution in [1.29, 1.82) is 0 Å². The molecule has 1 aliphatic heterocycles. The molecule has 0 spiro atoms. The van der Waals surface area contributed by atoms with E-state index >= 15 is 0 Å². The number of amides is 1. The molecule has 7 heteroatoms. The number of aromatic nitrogens is 2. The summed E-state index contributed by atoms with van der Waals surface area (Å²) in [7, 11) is 0. The van der Waals surface area contributed by atoms with Gasteiger partial charge in [0.1, 0.15) is 6.10 Å². The molecule has 2 rings (SSSR count). The van der Waals surface area contributed by atoms with Crippen molar-refractivity contribution in [2.24, 2.45) is 0 Å². The van der Waals surface area contributed by atoms with Gasteiger partial charge in [-0.25, -0.2) is 9.78 Å². The number of hydrogen-bond acceptors (Lipinski definition) is 5. The van der Waals surface area contributed by atoms with Gasteiger partial charge in [-0.1, -0.05) is 0 Å². The molecular formula is C9H13N3O4. The second kappa shape index (κ2) is 4.95. The van der Waals surface area contributed by atoms with Gasteiger partial charge in [0.2, 0.25) is 0 Å². The van der Waals surface area contributed by atoms with Crippen molar-refractivity contribution in [1.82, 2.24) is 14.9 Å². The average molecular weight is 227 g/mol. The van der Waals surface area contributed by atoms with Gasteiger partial charge in [-0.3, -0.25) is 0 Å². The molecule has 0 saturated carbocycles. The van der Waals surface area contributed by atoms with E-state index in [9.17, 15) is 9.90 Å². The van der Waals surface area contributed by atoms with Crippen molar-refractivity contribution < 1.29 is 19.4 Å². The summed E-state index contributed by atoms with van der Waals surface area (Å²) in [4.78, 5) is 14.5. The van der Waals surface area contributed by atoms with E-state index in [-0.39, 0.29) is 12.7 Å². The van der Waals surface area contributed by atoms with Gasteiger partial charge in [-0.05, 0) is 0 Å². The van der Waals surface area contributed by atoms with Crippen LogP contribution in [0.2, 0.25) is 0 Å². The molecule has 0 aliphatic carbocycles. The second-order valence-corrected chi connectivity index (χ2v) is 3.46. The fraction of sp³-hybridized carbons (Fsp3) is 0.556. The number of aliphatic hydroxyl groups is 1. The lowest BCUT2D eigenvalue weighted by atomic mass is 10.4. The Bertz CT molecular complexity index is 341. The number of aliphatic hydroxyl groups excluding tert-OH is 1. The quantitative estimate of drug-likeness (QED) is 0.651. The first-order valence-electron chi connectivity index (χ1n) is 4.94. The van der Waals surface area contributed by atoms with E-state index in [1.165, 1.54) is 0 Å². The number of imidazole rings is 1. The Kier molecular flexibility index (Phi) is 3.37. The molecule has 2 heterocycles. The predicted molar refractivity (Wildman–Crippen MR) is 52.5 cm³/mol. The van der Waals surface area contributed by atoms with Gasteiger partial charge in [0.15, 0.2) is 6.29 Å². The third kappa shape index (κ3) is 2.94. The van der Waals surface area contributed by atoms with Gasteiger partial charge in [-0.2, -0.15) is 0 Å². The lowest BCUT2D eigenvalue weighted by Gasteiger charge is -2.14. The molecule has 2 atom stereocenters. The Morgan fingerprint density at radius 1 is 1.81 bits per heavy atom. The van der Waals surface area contributed by atoms with Crippen molar-refractivity contribution in [2.75, 3.05) is 13.2 Å². The van der Waals surface area contributed by atoms with Crippen LogP contribution in [0.4, 0.5) is 4.79 Å². The first-order chi connectivity index (χ1) is 7.74. The summed E-state index contributed by atoms with van der Waals surface area (Å²) >= 11 is 0. The van der Waals surface area contributed by atoms with Gasteiger partial charge in [0.25, 0.3) is 0 Å². The summed E-state index contributed by atoms with van der Waals surface area (Å²) in [6, 6.07) is 0. The molecule has 1 saturated heterocycles. The predicted octanol–water partition coefficient (Wildman–Crippen LogP) is -0.674. The standard InChI is InChI=1S/C9H13N3O4/c13-8(4-12-2-1-10-6-12)15-5-7-3-11-9(14)16-7/h1-2,6-8,13H,3-5H2,(H,11,14). The van der Waals surface area contributed by atoms with Crippen LogP contribution in [0.1, 0.15) is 0 Å². The van der Waals surface area contributed by atoms with Crippen LogP contribution < -0.4 is 5.32 Å². The highest BCUT2D eigenvalue weighted by Crippen LogP contribution is 2.02. The fourth-order valence-corrected chi connectivity index (χ4v) is 1.37. The molecule has 0 aromatic carbocycles. The number of hydrogen-bond donors (Lipinski definition) is 2. The Labute approximate surface area is 92.0 Å². The molecule has 0 radical (unpaired) electrons. The molecule has 16 heavy (non-hydrogen) atoms. The third-order valence-electron chi connectivity index (χ3n) is 2.15. The first-order valence-corrected chi connectivity index (χ1v) is 4.94. The topological polar surface area (TPSA) is 85.6 Å². The molecule has 1 aromatic rings. The van der Waals surface area contributed by atoms with Crippen LogP contribution in [0.5, 0.6) is 0 Å². The maximum Gasteiger partial charge on any atom is 0.407 e. The largest absolute Gasteiger partial charge is 0.442 e. The molecule has 1 amide bonds. The molecule has 7 nitrogen and oxygen atoms in total. The normalized spacial score (nSPS) is 21.6. The van der Waals surface area contributed by atoms with Crippen molar-refractivity contribution in [3.8, 4) is 0 Å². The van der Waals surface area contributed by atoms with E-state index in [1.807, 2.05) is 0 Å². The number of carbonyl (C=O) groups excluding carboxylic acids is 1. The van der Waals surface area contributed by atoms with E-state index in [0.29, 0.717) is 13.1 Å². The Morgan fingerprint density at radius 2 is 2.69 bits per heavy atom. The lowest BCUT2D eigenvalue weighted by molar-refractivity contribution is -0.124. The van der Waals surface area contributed by atoms with Crippen LogP contribution >= 0.6 is 0 Å². The van der Waals surface area contributed by atoms with E-state index in [0.717, 1.165) is 0 Å². The molecule has 2 N–H and O–H groups in total. The van der Waals surface area contributed by atoms with Crippen LogP contribution in [-0.4, -0.2) is 46.3 Å². The number of nitrogens with one attached hydrogen (secondary N) is 1. The maximum absolute atomic E-state index is 10.7. The van der Waals surface area contributed by atoms with E-state index in [4.69, 9.17) is 9.47 Å². The summed E-state index contributed by atoms with van der Waals surface area (Å²) < 4.78 is 11.7. The van der Waals surface area contributed by atoms with Gasteiger partial charge in [0, 0.05) is 12.4 Å². The molecule has 2 unspecified atom stereocenters. The Morgan fingerprint density at radius 3 is 3.31 bits per heavy atom. The van der Waals surface area contributed by atoms with Crippen molar-refractivity contribution in [3.05, 3.63) is 18.7 Å². The summed E-state index contributed by atoms with van der Waals surface area (Å²) in [5.74, 6) is 0. The smallest absolute Gasteiger partial charge is 0.407 e. The monoisotopic (exact) mass is 227 g/mol. The molecule has 88 valence electrons. The van der Waals surface area contributed by atoms with Gasteiger partial charge in [0.05, 0.1) is 26.0 Å². The van der Waals surface area contributed by atoms with E-state index < -0.39 is 12.4 Å². The van der Waals surface area contributed by atoms with Crippen LogP contribution in [0.3, 0.4) is 0 Å². The number of alkyl carbamates (subject to hydrolysis) is 1.